The maximum atomic E-state index is 13.4. The van der Waals surface area contributed by atoms with E-state index < -0.39 is 0 Å². The number of aromatic nitrogens is 1. The van der Waals surface area contributed by atoms with Crippen LogP contribution in [0, 0.1) is 0 Å². The number of benzene rings is 2. The summed E-state index contributed by atoms with van der Waals surface area (Å²) in [4.78, 5) is 29.6. The summed E-state index contributed by atoms with van der Waals surface area (Å²) in [5.41, 5.74) is 2.70. The number of ether oxygens (including phenoxy) is 1. The predicted molar refractivity (Wildman–Crippen MR) is 125 cm³/mol. The third kappa shape index (κ3) is 4.53. The van der Waals surface area contributed by atoms with Crippen LogP contribution in [0.3, 0.4) is 0 Å². The molecule has 2 heterocycles. The fourth-order valence-electron chi connectivity index (χ4n) is 3.99. The quantitative estimate of drug-likeness (QED) is 0.597. The molecule has 166 valence electrons. The van der Waals surface area contributed by atoms with Gasteiger partial charge in [-0.3, -0.25) is 9.59 Å². The normalized spacial score (nSPS) is 15.1. The molecule has 1 fully saturated rings. The predicted octanol–water partition coefficient (Wildman–Crippen LogP) is 1.31. The third-order valence-corrected chi connectivity index (χ3v) is 5.96. The Balaban J connectivity index is 1.68. The number of nitrogens with zero attached hydrogens (tertiary/aromatic N) is 2. The monoisotopic (exact) mass is 433 g/mol. The molecule has 2 amide bonds. The smallest absolute Gasteiger partial charge is 0.270 e. The molecule has 0 saturated carbocycles. The number of aryl methyl sites for hydroxylation is 1. The maximum Gasteiger partial charge on any atom is 0.270 e. The van der Waals surface area contributed by atoms with Gasteiger partial charge in [-0.1, -0.05) is 18.2 Å². The maximum absolute atomic E-state index is 13.4. The third-order valence-electron chi connectivity index (χ3n) is 5.96. The second kappa shape index (κ2) is 9.28. The highest BCUT2D eigenvalue weighted by atomic mass is 16.5. The summed E-state index contributed by atoms with van der Waals surface area (Å²) < 4.78 is 7.19. The summed E-state index contributed by atoms with van der Waals surface area (Å²) in [6.07, 6.45) is 3.77. The van der Waals surface area contributed by atoms with Gasteiger partial charge >= 0.3 is 0 Å². The molecular weight excluding hydrogens is 404 g/mol. The number of hydrogen-bond donors (Lipinski definition) is 2. The van der Waals surface area contributed by atoms with Gasteiger partial charge in [0.1, 0.15) is 11.4 Å². The number of rotatable bonds is 5. The van der Waals surface area contributed by atoms with Crippen LogP contribution in [0.15, 0.2) is 60.4 Å². The number of methoxy groups -OCH3 is 1. The molecule has 0 bridgehead atoms. The van der Waals surface area contributed by atoms with Crippen molar-refractivity contribution in [2.75, 3.05) is 40.3 Å². The topological polar surface area (TPSA) is 68.0 Å². The van der Waals surface area contributed by atoms with Crippen LogP contribution in [0.25, 0.3) is 17.0 Å². The highest BCUT2D eigenvalue weighted by Gasteiger charge is 2.26. The Labute approximate surface area is 187 Å². The number of fused-ring (bicyclic) bond motifs is 1. The number of carbonyl (C=O) groups excluding carboxylic acids is 2. The molecule has 2 N–H and O–H groups in total. The van der Waals surface area contributed by atoms with Gasteiger partial charge in [-0.2, -0.15) is 0 Å². The Hall–Kier alpha value is -3.58. The fourth-order valence-corrected chi connectivity index (χ4v) is 3.99. The van der Waals surface area contributed by atoms with E-state index in [1.165, 1.54) is 4.90 Å². The molecule has 1 aromatic heterocycles. The first-order valence-electron chi connectivity index (χ1n) is 10.8. The van der Waals surface area contributed by atoms with Crippen molar-refractivity contribution in [1.29, 1.82) is 0 Å². The van der Waals surface area contributed by atoms with Crippen LogP contribution in [0.4, 0.5) is 0 Å². The minimum Gasteiger partial charge on any atom is -0.497 e. The van der Waals surface area contributed by atoms with Gasteiger partial charge in [0.2, 0.25) is 0 Å². The summed E-state index contributed by atoms with van der Waals surface area (Å²) in [7, 11) is 5.68. The fraction of sp³-hybridized carbons (Fsp3) is 0.280. The van der Waals surface area contributed by atoms with E-state index in [0.717, 1.165) is 29.6 Å². The molecule has 0 radical (unpaired) electrons. The number of hydrogen-bond acceptors (Lipinski definition) is 3. The highest BCUT2D eigenvalue weighted by molar-refractivity contribution is 6.06. The number of quaternary nitrogens is 1. The van der Waals surface area contributed by atoms with E-state index in [4.69, 9.17) is 4.74 Å². The van der Waals surface area contributed by atoms with Crippen LogP contribution >= 0.6 is 0 Å². The average molecular weight is 434 g/mol. The first-order chi connectivity index (χ1) is 15.5. The molecular formula is C25H29N4O3+. The van der Waals surface area contributed by atoms with Crippen molar-refractivity contribution in [2.45, 2.75) is 0 Å². The zero-order chi connectivity index (χ0) is 22.7. The van der Waals surface area contributed by atoms with Gasteiger partial charge in [0.15, 0.2) is 0 Å². The Morgan fingerprint density at radius 1 is 1.06 bits per heavy atom. The number of piperazine rings is 1. The Morgan fingerprint density at radius 2 is 1.75 bits per heavy atom. The van der Waals surface area contributed by atoms with Crippen molar-refractivity contribution in [1.82, 2.24) is 14.8 Å². The molecule has 7 nitrogen and oxygen atoms in total. The number of carbonyl (C=O) groups is 2. The summed E-state index contributed by atoms with van der Waals surface area (Å²) in [6.45, 7) is 3.10. The van der Waals surface area contributed by atoms with E-state index in [2.05, 4.69) is 12.4 Å². The second-order valence-electron chi connectivity index (χ2n) is 8.20. The lowest BCUT2D eigenvalue weighted by Crippen LogP contribution is -3.12. The number of nitrogens with one attached hydrogen (secondary N) is 2. The van der Waals surface area contributed by atoms with Gasteiger partial charge in [-0.25, -0.2) is 0 Å². The number of likely N-dealkylation sites (N-methyl/N-ethyl adjacent to an activating group) is 1. The van der Waals surface area contributed by atoms with Crippen LogP contribution in [0.1, 0.15) is 15.9 Å². The SMILES string of the molecule is COc1ccc(C(=O)N/C(=C\c2cn(C)c3ccccc23)C(=O)N2CC[NH+](C)CC2)cc1. The zero-order valence-electron chi connectivity index (χ0n) is 18.7. The van der Waals surface area contributed by atoms with Crippen molar-refractivity contribution < 1.29 is 19.2 Å². The Bertz CT molecular complexity index is 1160. The molecule has 7 heteroatoms. The van der Waals surface area contributed by atoms with Crippen LogP contribution in [-0.2, 0) is 11.8 Å². The van der Waals surface area contributed by atoms with Gasteiger partial charge in [-0.05, 0) is 36.4 Å². The first kappa shape index (κ1) is 21.6. The number of para-hydroxylation sites is 1. The Morgan fingerprint density at radius 3 is 2.44 bits per heavy atom. The van der Waals surface area contributed by atoms with E-state index in [1.807, 2.05) is 47.0 Å². The lowest BCUT2D eigenvalue weighted by atomic mass is 10.1. The van der Waals surface area contributed by atoms with Crippen LogP contribution in [0.5, 0.6) is 5.75 Å². The van der Waals surface area contributed by atoms with Crippen molar-refractivity contribution in [3.8, 4) is 5.75 Å². The molecule has 0 atom stereocenters. The second-order valence-corrected chi connectivity index (χ2v) is 8.20. The summed E-state index contributed by atoms with van der Waals surface area (Å²) >= 11 is 0. The van der Waals surface area contributed by atoms with E-state index in [0.29, 0.717) is 24.4 Å². The van der Waals surface area contributed by atoms with Crippen LogP contribution in [-0.4, -0.2) is 61.6 Å². The average Bonchev–Trinajstić information content (AvgIpc) is 3.14. The molecule has 0 aliphatic carbocycles. The van der Waals surface area contributed by atoms with Crippen molar-refractivity contribution >= 4 is 28.8 Å². The molecule has 2 aromatic carbocycles. The molecule has 32 heavy (non-hydrogen) atoms. The first-order valence-corrected chi connectivity index (χ1v) is 10.8. The van der Waals surface area contributed by atoms with E-state index in [9.17, 15) is 9.59 Å². The molecule has 1 saturated heterocycles. The van der Waals surface area contributed by atoms with Gasteiger partial charge in [-0.15, -0.1) is 0 Å². The summed E-state index contributed by atoms with van der Waals surface area (Å²) in [5, 5.41) is 3.91. The van der Waals surface area contributed by atoms with Crippen molar-refractivity contribution in [3.05, 3.63) is 71.6 Å². The molecule has 1 aliphatic heterocycles. The van der Waals surface area contributed by atoms with Gasteiger partial charge in [0.25, 0.3) is 11.8 Å². The van der Waals surface area contributed by atoms with Crippen LogP contribution in [0.2, 0.25) is 0 Å². The van der Waals surface area contributed by atoms with E-state index in [1.54, 1.807) is 37.5 Å². The largest absolute Gasteiger partial charge is 0.497 e. The van der Waals surface area contributed by atoms with Gasteiger partial charge in [0, 0.05) is 35.3 Å². The van der Waals surface area contributed by atoms with Gasteiger partial charge < -0.3 is 24.4 Å². The molecule has 3 aromatic rings. The lowest BCUT2D eigenvalue weighted by molar-refractivity contribution is -0.883. The lowest BCUT2D eigenvalue weighted by Gasteiger charge is -2.30. The van der Waals surface area contributed by atoms with E-state index >= 15 is 0 Å². The summed E-state index contributed by atoms with van der Waals surface area (Å²) in [5.74, 6) is 0.184. The zero-order valence-corrected chi connectivity index (χ0v) is 18.7. The standard InChI is InChI=1S/C25H28N4O3/c1-27-12-14-29(15-13-27)25(31)22(26-24(30)18-8-10-20(32-3)11-9-18)16-19-17-28(2)23-7-5-4-6-21(19)23/h4-11,16-17H,12-15H2,1-3H3,(H,26,30)/p+1/b22-16-. The number of amides is 2. The van der Waals surface area contributed by atoms with Gasteiger partial charge in [0.05, 0.1) is 40.3 Å². The van der Waals surface area contributed by atoms with Crippen molar-refractivity contribution in [2.24, 2.45) is 7.05 Å². The highest BCUT2D eigenvalue weighted by Crippen LogP contribution is 2.23. The van der Waals surface area contributed by atoms with Crippen LogP contribution < -0.4 is 15.0 Å². The molecule has 4 rings (SSSR count). The van der Waals surface area contributed by atoms with Crippen molar-refractivity contribution in [3.63, 3.8) is 0 Å². The molecule has 0 spiro atoms. The minimum atomic E-state index is -0.327. The Kier molecular flexibility index (Phi) is 6.28. The summed E-state index contributed by atoms with van der Waals surface area (Å²) in [6, 6.07) is 14.9. The molecule has 0 unspecified atom stereocenters. The van der Waals surface area contributed by atoms with E-state index in [-0.39, 0.29) is 17.5 Å². The molecule has 1 aliphatic rings. The minimum absolute atomic E-state index is 0.160.